The SMILES string of the molecule is Cc1cc2oc(=O)cc(CN3CCN(Cc4ccccc4CO)CC3)c2cc1C. The highest BCUT2D eigenvalue weighted by Gasteiger charge is 2.19. The van der Waals surface area contributed by atoms with Crippen LogP contribution in [0.4, 0.5) is 0 Å². The molecule has 1 saturated heterocycles. The smallest absolute Gasteiger partial charge is 0.336 e. The number of aliphatic hydroxyl groups excluding tert-OH is 1. The maximum Gasteiger partial charge on any atom is 0.336 e. The lowest BCUT2D eigenvalue weighted by atomic mass is 10.0. The summed E-state index contributed by atoms with van der Waals surface area (Å²) in [6, 6.07) is 13.8. The molecule has 0 amide bonds. The van der Waals surface area contributed by atoms with Crippen molar-refractivity contribution in [2.24, 2.45) is 0 Å². The van der Waals surface area contributed by atoms with Crippen LogP contribution in [0.1, 0.15) is 27.8 Å². The highest BCUT2D eigenvalue weighted by Crippen LogP contribution is 2.23. The molecule has 1 aliphatic heterocycles. The molecule has 4 rings (SSSR count). The largest absolute Gasteiger partial charge is 0.423 e. The number of aryl methyl sites for hydroxylation is 2. The minimum atomic E-state index is -0.282. The van der Waals surface area contributed by atoms with Gasteiger partial charge in [-0.15, -0.1) is 0 Å². The van der Waals surface area contributed by atoms with Gasteiger partial charge in [0.25, 0.3) is 0 Å². The van der Waals surface area contributed by atoms with Gasteiger partial charge in [0.2, 0.25) is 0 Å². The van der Waals surface area contributed by atoms with Crippen molar-refractivity contribution in [2.75, 3.05) is 26.2 Å². The molecule has 0 atom stereocenters. The lowest BCUT2D eigenvalue weighted by Crippen LogP contribution is -2.45. The molecule has 1 fully saturated rings. The van der Waals surface area contributed by atoms with Gasteiger partial charge in [-0.2, -0.15) is 0 Å². The van der Waals surface area contributed by atoms with Gasteiger partial charge in [-0.25, -0.2) is 4.79 Å². The molecule has 1 aliphatic rings. The summed E-state index contributed by atoms with van der Waals surface area (Å²) in [6.07, 6.45) is 0. The second kappa shape index (κ2) is 8.49. The van der Waals surface area contributed by atoms with Crippen LogP contribution < -0.4 is 5.63 Å². The number of nitrogens with zero attached hydrogens (tertiary/aromatic N) is 2. The second-order valence-electron chi connectivity index (χ2n) is 8.00. The third-order valence-corrected chi connectivity index (χ3v) is 5.99. The summed E-state index contributed by atoms with van der Waals surface area (Å²) >= 11 is 0. The van der Waals surface area contributed by atoms with Crippen molar-refractivity contribution in [1.82, 2.24) is 9.80 Å². The molecule has 0 bridgehead atoms. The van der Waals surface area contributed by atoms with Crippen molar-refractivity contribution in [3.05, 3.63) is 80.7 Å². The molecule has 2 aromatic carbocycles. The van der Waals surface area contributed by atoms with Gasteiger partial charge in [0.05, 0.1) is 6.61 Å². The van der Waals surface area contributed by atoms with E-state index in [0.717, 1.165) is 61.3 Å². The standard InChI is InChI=1S/C24H28N2O3/c1-17-11-22-21(13-24(28)29-23(22)12-18(17)2)15-26-9-7-25(8-10-26)14-19-5-3-4-6-20(19)16-27/h3-6,11-13,27H,7-10,14-16H2,1-2H3. The Labute approximate surface area is 171 Å². The first-order chi connectivity index (χ1) is 14.0. The summed E-state index contributed by atoms with van der Waals surface area (Å²) in [7, 11) is 0. The van der Waals surface area contributed by atoms with Crippen LogP contribution in [0.3, 0.4) is 0 Å². The Hall–Kier alpha value is -2.47. The molecule has 29 heavy (non-hydrogen) atoms. The Bertz CT molecular complexity index is 1070. The average Bonchev–Trinajstić information content (AvgIpc) is 2.71. The summed E-state index contributed by atoms with van der Waals surface area (Å²) in [6.45, 7) is 9.67. The second-order valence-corrected chi connectivity index (χ2v) is 8.00. The van der Waals surface area contributed by atoms with E-state index >= 15 is 0 Å². The number of piperazine rings is 1. The minimum absolute atomic E-state index is 0.0820. The normalized spacial score (nSPS) is 15.8. The van der Waals surface area contributed by atoms with Crippen LogP contribution in [-0.2, 0) is 19.7 Å². The van der Waals surface area contributed by atoms with E-state index in [4.69, 9.17) is 4.42 Å². The first kappa shape index (κ1) is 19.8. The van der Waals surface area contributed by atoms with E-state index in [1.807, 2.05) is 31.2 Å². The number of rotatable bonds is 5. The highest BCUT2D eigenvalue weighted by molar-refractivity contribution is 5.81. The van der Waals surface area contributed by atoms with E-state index < -0.39 is 0 Å². The van der Waals surface area contributed by atoms with Crippen LogP contribution in [0.15, 0.2) is 51.7 Å². The maximum absolute atomic E-state index is 12.0. The van der Waals surface area contributed by atoms with E-state index in [1.54, 1.807) is 6.07 Å². The van der Waals surface area contributed by atoms with E-state index in [1.165, 1.54) is 11.1 Å². The molecule has 5 heteroatoms. The minimum Gasteiger partial charge on any atom is -0.423 e. The third kappa shape index (κ3) is 4.42. The van der Waals surface area contributed by atoms with Crippen molar-refractivity contribution in [2.45, 2.75) is 33.5 Å². The Kier molecular flexibility index (Phi) is 5.81. The maximum atomic E-state index is 12.0. The summed E-state index contributed by atoms with van der Waals surface area (Å²) in [5, 5.41) is 10.6. The third-order valence-electron chi connectivity index (χ3n) is 5.99. The first-order valence-electron chi connectivity index (χ1n) is 10.2. The predicted molar refractivity (Wildman–Crippen MR) is 115 cm³/mol. The topological polar surface area (TPSA) is 56.9 Å². The number of benzene rings is 2. The fourth-order valence-electron chi connectivity index (χ4n) is 4.07. The summed E-state index contributed by atoms with van der Waals surface area (Å²) in [4.78, 5) is 16.9. The van der Waals surface area contributed by atoms with Crippen molar-refractivity contribution >= 4 is 11.0 Å². The summed E-state index contributed by atoms with van der Waals surface area (Å²) in [5.74, 6) is 0. The fourth-order valence-corrected chi connectivity index (χ4v) is 4.07. The Balaban J connectivity index is 1.45. The molecule has 1 N–H and O–H groups in total. The van der Waals surface area contributed by atoms with Crippen LogP contribution in [0.2, 0.25) is 0 Å². The van der Waals surface area contributed by atoms with Gasteiger partial charge in [0.1, 0.15) is 5.58 Å². The average molecular weight is 392 g/mol. The molecular formula is C24H28N2O3. The Morgan fingerprint density at radius 2 is 1.45 bits per heavy atom. The molecule has 2 heterocycles. The van der Waals surface area contributed by atoms with Gasteiger partial charge in [-0.05, 0) is 53.8 Å². The van der Waals surface area contributed by atoms with Crippen molar-refractivity contribution in [3.8, 4) is 0 Å². The van der Waals surface area contributed by atoms with Crippen LogP contribution in [-0.4, -0.2) is 41.1 Å². The van der Waals surface area contributed by atoms with Gasteiger partial charge in [-0.1, -0.05) is 24.3 Å². The van der Waals surface area contributed by atoms with Crippen molar-refractivity contribution in [3.63, 3.8) is 0 Å². The molecule has 1 aromatic heterocycles. The van der Waals surface area contributed by atoms with Crippen LogP contribution >= 0.6 is 0 Å². The molecule has 3 aromatic rings. The predicted octanol–water partition coefficient (Wildman–Crippen LogP) is 3.22. The number of aliphatic hydroxyl groups is 1. The number of fused-ring (bicyclic) bond motifs is 1. The van der Waals surface area contributed by atoms with Crippen LogP contribution in [0.25, 0.3) is 11.0 Å². The lowest BCUT2D eigenvalue weighted by molar-refractivity contribution is 0.121. The molecule has 0 unspecified atom stereocenters. The molecule has 0 saturated carbocycles. The van der Waals surface area contributed by atoms with E-state index in [-0.39, 0.29) is 12.2 Å². The highest BCUT2D eigenvalue weighted by atomic mass is 16.4. The zero-order valence-electron chi connectivity index (χ0n) is 17.1. The zero-order valence-corrected chi connectivity index (χ0v) is 17.1. The molecule has 0 spiro atoms. The van der Waals surface area contributed by atoms with E-state index in [9.17, 15) is 9.90 Å². The van der Waals surface area contributed by atoms with Gasteiger partial charge < -0.3 is 9.52 Å². The van der Waals surface area contributed by atoms with Gasteiger partial charge in [0, 0.05) is 50.7 Å². The quantitative estimate of drug-likeness (QED) is 0.676. The lowest BCUT2D eigenvalue weighted by Gasteiger charge is -2.35. The number of hydrogen-bond acceptors (Lipinski definition) is 5. The molecule has 5 nitrogen and oxygen atoms in total. The first-order valence-corrected chi connectivity index (χ1v) is 10.2. The monoisotopic (exact) mass is 392 g/mol. The Morgan fingerprint density at radius 3 is 2.10 bits per heavy atom. The molecule has 152 valence electrons. The number of hydrogen-bond donors (Lipinski definition) is 1. The van der Waals surface area contributed by atoms with Crippen LogP contribution in [0.5, 0.6) is 0 Å². The summed E-state index contributed by atoms with van der Waals surface area (Å²) < 4.78 is 5.43. The van der Waals surface area contributed by atoms with Gasteiger partial charge in [-0.3, -0.25) is 9.80 Å². The molecular weight excluding hydrogens is 364 g/mol. The molecule has 0 radical (unpaired) electrons. The fraction of sp³-hybridized carbons (Fsp3) is 0.375. The Morgan fingerprint density at radius 1 is 0.862 bits per heavy atom. The van der Waals surface area contributed by atoms with Crippen molar-refractivity contribution < 1.29 is 9.52 Å². The van der Waals surface area contributed by atoms with Gasteiger partial charge in [0.15, 0.2) is 0 Å². The van der Waals surface area contributed by atoms with Crippen LogP contribution in [0, 0.1) is 13.8 Å². The van der Waals surface area contributed by atoms with Crippen molar-refractivity contribution in [1.29, 1.82) is 0 Å². The van der Waals surface area contributed by atoms with E-state index in [0.29, 0.717) is 5.58 Å². The zero-order chi connectivity index (χ0) is 20.4. The molecule has 0 aliphatic carbocycles. The van der Waals surface area contributed by atoms with E-state index in [2.05, 4.69) is 28.9 Å². The summed E-state index contributed by atoms with van der Waals surface area (Å²) in [5.41, 5.74) is 5.97. The van der Waals surface area contributed by atoms with Gasteiger partial charge >= 0.3 is 5.63 Å².